The SMILES string of the molecule is Cn1c(-c2ccc(CN3CCCC3)cc2)nc2c(CC(=O)Nc3ccccn3)cccc2c1=O. The average molecular weight is 454 g/mol. The quantitative estimate of drug-likeness (QED) is 0.481. The van der Waals surface area contributed by atoms with Gasteiger partial charge in [-0.3, -0.25) is 19.1 Å². The molecule has 7 heteroatoms. The summed E-state index contributed by atoms with van der Waals surface area (Å²) in [5, 5.41) is 3.30. The van der Waals surface area contributed by atoms with E-state index in [0.29, 0.717) is 28.1 Å². The van der Waals surface area contributed by atoms with E-state index < -0.39 is 0 Å². The van der Waals surface area contributed by atoms with E-state index in [1.165, 1.54) is 18.4 Å². The molecule has 1 amide bonds. The van der Waals surface area contributed by atoms with Gasteiger partial charge in [0.15, 0.2) is 0 Å². The number of pyridine rings is 1. The Labute approximate surface area is 198 Å². The van der Waals surface area contributed by atoms with Gasteiger partial charge < -0.3 is 5.32 Å². The second-order valence-corrected chi connectivity index (χ2v) is 8.73. The van der Waals surface area contributed by atoms with Crippen molar-refractivity contribution in [1.82, 2.24) is 19.4 Å². The van der Waals surface area contributed by atoms with Crippen LogP contribution in [0.4, 0.5) is 5.82 Å². The fraction of sp³-hybridized carbons (Fsp3) is 0.259. The first kappa shape index (κ1) is 22.0. The van der Waals surface area contributed by atoms with Gasteiger partial charge in [0, 0.05) is 25.4 Å². The summed E-state index contributed by atoms with van der Waals surface area (Å²) >= 11 is 0. The molecule has 0 saturated carbocycles. The summed E-state index contributed by atoms with van der Waals surface area (Å²) in [6, 6.07) is 19.0. The number of para-hydroxylation sites is 1. The minimum atomic E-state index is -0.207. The van der Waals surface area contributed by atoms with Crippen molar-refractivity contribution in [1.29, 1.82) is 0 Å². The first-order valence-corrected chi connectivity index (χ1v) is 11.6. The minimum absolute atomic E-state index is 0.0995. The molecule has 1 N–H and O–H groups in total. The standard InChI is InChI=1S/C27H27N5O2/c1-31-26(20-12-10-19(11-13-20)18-32-15-4-5-16-32)30-25-21(7-6-8-22(25)27(31)34)17-24(33)29-23-9-2-3-14-28-23/h2-3,6-14H,4-5,15-18H2,1H3,(H,28,29,33). The van der Waals surface area contributed by atoms with E-state index in [4.69, 9.17) is 4.98 Å². The molecule has 1 aliphatic rings. The number of benzene rings is 2. The molecule has 172 valence electrons. The predicted molar refractivity (Wildman–Crippen MR) is 134 cm³/mol. The summed E-state index contributed by atoms with van der Waals surface area (Å²) in [5.74, 6) is 0.871. The normalized spacial score (nSPS) is 13.9. The van der Waals surface area contributed by atoms with Gasteiger partial charge >= 0.3 is 0 Å². The number of nitrogens with zero attached hydrogens (tertiary/aromatic N) is 4. The second kappa shape index (κ2) is 9.57. The van der Waals surface area contributed by atoms with Crippen LogP contribution in [0.25, 0.3) is 22.3 Å². The lowest BCUT2D eigenvalue weighted by molar-refractivity contribution is -0.115. The molecule has 0 spiro atoms. The molecular weight excluding hydrogens is 426 g/mol. The number of likely N-dealkylation sites (tertiary alicyclic amines) is 1. The van der Waals surface area contributed by atoms with Crippen molar-refractivity contribution in [2.24, 2.45) is 7.05 Å². The molecule has 1 fully saturated rings. The van der Waals surface area contributed by atoms with Crippen LogP contribution in [-0.4, -0.2) is 38.4 Å². The highest BCUT2D eigenvalue weighted by atomic mass is 16.1. The Kier molecular flexibility index (Phi) is 6.18. The number of nitrogens with one attached hydrogen (secondary N) is 1. The molecule has 0 bridgehead atoms. The van der Waals surface area contributed by atoms with Crippen LogP contribution in [0.5, 0.6) is 0 Å². The van der Waals surface area contributed by atoms with E-state index >= 15 is 0 Å². The second-order valence-electron chi connectivity index (χ2n) is 8.73. The molecule has 34 heavy (non-hydrogen) atoms. The van der Waals surface area contributed by atoms with Crippen LogP contribution in [0.1, 0.15) is 24.0 Å². The topological polar surface area (TPSA) is 80.1 Å². The first-order valence-electron chi connectivity index (χ1n) is 11.6. The molecule has 1 saturated heterocycles. The highest BCUT2D eigenvalue weighted by Gasteiger charge is 2.16. The number of carbonyl (C=O) groups excluding carboxylic acids is 1. The van der Waals surface area contributed by atoms with Crippen molar-refractivity contribution >= 4 is 22.6 Å². The smallest absolute Gasteiger partial charge is 0.261 e. The average Bonchev–Trinajstić information content (AvgIpc) is 3.36. The Balaban J connectivity index is 1.45. The molecule has 3 heterocycles. The van der Waals surface area contributed by atoms with E-state index in [1.807, 2.05) is 24.3 Å². The van der Waals surface area contributed by atoms with E-state index in [0.717, 1.165) is 25.2 Å². The fourth-order valence-corrected chi connectivity index (χ4v) is 4.51. The van der Waals surface area contributed by atoms with Gasteiger partial charge in [0.05, 0.1) is 17.3 Å². The Morgan fingerprint density at radius 2 is 1.79 bits per heavy atom. The third-order valence-corrected chi connectivity index (χ3v) is 6.29. The Morgan fingerprint density at radius 1 is 1.00 bits per heavy atom. The number of hydrogen-bond donors (Lipinski definition) is 1. The highest BCUT2D eigenvalue weighted by molar-refractivity contribution is 5.94. The van der Waals surface area contributed by atoms with E-state index in [-0.39, 0.29) is 17.9 Å². The Hall–Kier alpha value is -3.84. The van der Waals surface area contributed by atoms with Crippen LogP contribution in [0.15, 0.2) is 71.7 Å². The predicted octanol–water partition coefficient (Wildman–Crippen LogP) is 3.77. The van der Waals surface area contributed by atoms with Crippen LogP contribution < -0.4 is 10.9 Å². The summed E-state index contributed by atoms with van der Waals surface area (Å²) in [5.41, 5.74) is 3.25. The molecule has 0 aliphatic carbocycles. The van der Waals surface area contributed by atoms with Crippen molar-refractivity contribution in [3.8, 4) is 11.4 Å². The van der Waals surface area contributed by atoms with Gasteiger partial charge in [0.1, 0.15) is 11.6 Å². The molecule has 0 radical (unpaired) electrons. The van der Waals surface area contributed by atoms with Gasteiger partial charge in [-0.2, -0.15) is 0 Å². The third kappa shape index (κ3) is 4.61. The van der Waals surface area contributed by atoms with Gasteiger partial charge in [-0.05, 0) is 55.3 Å². The maximum Gasteiger partial charge on any atom is 0.261 e. The minimum Gasteiger partial charge on any atom is -0.310 e. The van der Waals surface area contributed by atoms with Crippen molar-refractivity contribution in [3.05, 3.63) is 88.3 Å². The molecule has 7 nitrogen and oxygen atoms in total. The van der Waals surface area contributed by atoms with Crippen LogP contribution in [0.2, 0.25) is 0 Å². The zero-order valence-electron chi connectivity index (χ0n) is 19.2. The molecule has 2 aromatic heterocycles. The van der Waals surface area contributed by atoms with Crippen LogP contribution in [-0.2, 0) is 24.8 Å². The molecule has 4 aromatic rings. The van der Waals surface area contributed by atoms with Crippen molar-refractivity contribution < 1.29 is 4.79 Å². The summed E-state index contributed by atoms with van der Waals surface area (Å²) in [6.45, 7) is 3.25. The first-order chi connectivity index (χ1) is 16.6. The number of anilines is 1. The molecular formula is C27H27N5O2. The zero-order chi connectivity index (χ0) is 23.5. The third-order valence-electron chi connectivity index (χ3n) is 6.29. The summed E-state index contributed by atoms with van der Waals surface area (Å²) < 4.78 is 1.58. The van der Waals surface area contributed by atoms with Crippen LogP contribution in [0.3, 0.4) is 0 Å². The van der Waals surface area contributed by atoms with Crippen molar-refractivity contribution in [2.45, 2.75) is 25.8 Å². The molecule has 0 atom stereocenters. The van der Waals surface area contributed by atoms with Crippen LogP contribution in [0, 0.1) is 0 Å². The Morgan fingerprint density at radius 3 is 2.53 bits per heavy atom. The van der Waals surface area contributed by atoms with Crippen molar-refractivity contribution in [3.63, 3.8) is 0 Å². The van der Waals surface area contributed by atoms with E-state index in [1.54, 1.807) is 42.1 Å². The zero-order valence-corrected chi connectivity index (χ0v) is 19.2. The number of hydrogen-bond acceptors (Lipinski definition) is 5. The monoisotopic (exact) mass is 453 g/mol. The molecule has 2 aromatic carbocycles. The number of amides is 1. The van der Waals surface area contributed by atoms with Gasteiger partial charge in [-0.1, -0.05) is 42.5 Å². The summed E-state index contributed by atoms with van der Waals surface area (Å²) in [7, 11) is 1.74. The fourth-order valence-electron chi connectivity index (χ4n) is 4.51. The molecule has 5 rings (SSSR count). The number of carbonyl (C=O) groups is 1. The van der Waals surface area contributed by atoms with Crippen molar-refractivity contribution in [2.75, 3.05) is 18.4 Å². The Bertz CT molecular complexity index is 1370. The highest BCUT2D eigenvalue weighted by Crippen LogP contribution is 2.22. The molecule has 1 aliphatic heterocycles. The lowest BCUT2D eigenvalue weighted by atomic mass is 10.1. The van der Waals surface area contributed by atoms with E-state index in [2.05, 4.69) is 27.3 Å². The summed E-state index contributed by atoms with van der Waals surface area (Å²) in [6.07, 6.45) is 4.26. The van der Waals surface area contributed by atoms with Gasteiger partial charge in [-0.25, -0.2) is 9.97 Å². The largest absolute Gasteiger partial charge is 0.310 e. The maximum atomic E-state index is 13.2. The van der Waals surface area contributed by atoms with Gasteiger partial charge in [0.2, 0.25) is 5.91 Å². The number of rotatable bonds is 6. The lowest BCUT2D eigenvalue weighted by Crippen LogP contribution is -2.22. The van der Waals surface area contributed by atoms with Gasteiger partial charge in [-0.15, -0.1) is 0 Å². The maximum absolute atomic E-state index is 13.2. The lowest BCUT2D eigenvalue weighted by Gasteiger charge is -2.15. The number of aromatic nitrogens is 3. The van der Waals surface area contributed by atoms with E-state index in [9.17, 15) is 9.59 Å². The summed E-state index contributed by atoms with van der Waals surface area (Å²) in [4.78, 5) is 37.3. The molecule has 0 unspecified atom stereocenters. The number of fused-ring (bicyclic) bond motifs is 1. The van der Waals surface area contributed by atoms with Gasteiger partial charge in [0.25, 0.3) is 5.56 Å². The van der Waals surface area contributed by atoms with Crippen LogP contribution >= 0.6 is 0 Å².